The molecule has 58 valence electrons. The Hall–Kier alpha value is 0.177. The molecule has 0 aliphatic carbocycles. The molecule has 11 heavy (non-hydrogen) atoms. The van der Waals surface area contributed by atoms with Crippen molar-refractivity contribution < 1.29 is 0 Å². The molecule has 0 aromatic carbocycles. The maximum atomic E-state index is 5.88. The van der Waals surface area contributed by atoms with Crippen LogP contribution in [0.2, 0.25) is 9.66 Å². The second-order valence-corrected chi connectivity index (χ2v) is 5.79. The van der Waals surface area contributed by atoms with E-state index >= 15 is 0 Å². The van der Waals surface area contributed by atoms with E-state index in [4.69, 9.17) is 34.3 Å². The first-order valence-corrected chi connectivity index (χ1v) is 6.27. The monoisotopic (exact) mass is 222 g/mol. The van der Waals surface area contributed by atoms with E-state index in [2.05, 4.69) is 6.58 Å². The van der Waals surface area contributed by atoms with Gasteiger partial charge in [0.1, 0.15) is 0 Å². The van der Waals surface area contributed by atoms with Crippen molar-refractivity contribution in [1.29, 1.82) is 0 Å². The molecule has 0 saturated carbocycles. The summed E-state index contributed by atoms with van der Waals surface area (Å²) in [5.74, 6) is 0. The maximum absolute atomic E-state index is 5.88. The van der Waals surface area contributed by atoms with E-state index in [0.29, 0.717) is 9.66 Å². The molecule has 0 aliphatic heterocycles. The average molecular weight is 224 g/mol. The van der Waals surface area contributed by atoms with Crippen molar-refractivity contribution >= 4 is 48.1 Å². The van der Waals surface area contributed by atoms with Gasteiger partial charge in [-0.1, -0.05) is 47.6 Å². The molecule has 4 heteroatoms. The molecule has 0 atom stereocenters. The van der Waals surface area contributed by atoms with Crippen LogP contribution in [0, 0.1) is 0 Å². The fourth-order valence-electron chi connectivity index (χ4n) is 0.698. The average Bonchev–Trinajstić information content (AvgIpc) is 2.01. The van der Waals surface area contributed by atoms with E-state index in [-0.39, 0.29) is 0 Å². The third-order valence-corrected chi connectivity index (χ3v) is 5.11. The summed E-state index contributed by atoms with van der Waals surface area (Å²) in [6.07, 6.45) is 1.66. The van der Waals surface area contributed by atoms with Crippen LogP contribution in [0.25, 0.3) is 6.08 Å². The normalized spacial score (nSPS) is 9.73. The molecule has 0 fully saturated rings. The van der Waals surface area contributed by atoms with Gasteiger partial charge in [0.25, 0.3) is 0 Å². The van der Waals surface area contributed by atoms with Crippen molar-refractivity contribution in [3.05, 3.63) is 33.5 Å². The standard InChI is InChI=1S/C7H5Cl3Si/c1-2-5-3-4-11(10)7(9)6(5)8/h2-4H,1H2. The minimum absolute atomic E-state index is 0.535. The zero-order valence-corrected chi connectivity index (χ0v) is 8.84. The Bertz CT molecular complexity index is 296. The fraction of sp³-hybridized carbons (Fsp3) is 0. The summed E-state index contributed by atoms with van der Waals surface area (Å²) in [5, 5.41) is 0.535. The smallest absolute Gasteiger partial charge is 0.132 e. The predicted octanol–water partition coefficient (Wildman–Crippen LogP) is 3.66. The molecular formula is C7H5Cl3Si. The Morgan fingerprint density at radius 2 is 2.09 bits per heavy atom. The number of hydrogen-bond acceptors (Lipinski definition) is 0. The molecule has 0 amide bonds. The van der Waals surface area contributed by atoms with E-state index in [9.17, 15) is 0 Å². The SMILES string of the molecule is C=Cc1cc[si](Cl)c(Cl)c1Cl. The van der Waals surface area contributed by atoms with Crippen LogP contribution < -0.4 is 0 Å². The van der Waals surface area contributed by atoms with Gasteiger partial charge in [-0.25, -0.2) is 0 Å². The first-order valence-electron chi connectivity index (χ1n) is 2.92. The van der Waals surface area contributed by atoms with Crippen LogP contribution in [-0.2, 0) is 0 Å². The quantitative estimate of drug-likeness (QED) is 0.503. The molecule has 0 nitrogen and oxygen atoms in total. The van der Waals surface area contributed by atoms with E-state index in [1.54, 1.807) is 6.08 Å². The Kier molecular flexibility index (Phi) is 3.13. The van der Waals surface area contributed by atoms with Crippen molar-refractivity contribution in [2.24, 2.45) is 0 Å². The number of halogens is 3. The van der Waals surface area contributed by atoms with Crippen molar-refractivity contribution in [2.75, 3.05) is 0 Å². The molecule has 1 aromatic heterocycles. The van der Waals surface area contributed by atoms with Gasteiger partial charge < -0.3 is 0 Å². The highest BCUT2D eigenvalue weighted by molar-refractivity contribution is 7.06. The highest BCUT2D eigenvalue weighted by Gasteiger charge is 2.05. The van der Waals surface area contributed by atoms with Crippen molar-refractivity contribution in [3.8, 4) is 0 Å². The highest BCUT2D eigenvalue weighted by Crippen LogP contribution is 2.26. The van der Waals surface area contributed by atoms with Gasteiger partial charge in [0.05, 0.1) is 9.66 Å². The molecular weight excluding hydrogens is 219 g/mol. The molecule has 0 N–H and O–H groups in total. The number of hydrogen-bond donors (Lipinski definition) is 0. The first-order chi connectivity index (χ1) is 5.16. The minimum atomic E-state index is -1.23. The lowest BCUT2D eigenvalue weighted by atomic mass is 10.3. The van der Waals surface area contributed by atoms with Crippen molar-refractivity contribution in [2.45, 2.75) is 0 Å². The van der Waals surface area contributed by atoms with E-state index in [1.807, 2.05) is 11.7 Å². The van der Waals surface area contributed by atoms with Gasteiger partial charge in [-0.05, 0) is 5.56 Å². The fourth-order valence-corrected chi connectivity index (χ4v) is 2.89. The summed E-state index contributed by atoms with van der Waals surface area (Å²) in [6, 6.07) is 1.85. The zero-order valence-electron chi connectivity index (χ0n) is 5.57. The molecule has 0 aliphatic rings. The zero-order chi connectivity index (χ0) is 8.43. The van der Waals surface area contributed by atoms with Crippen LogP contribution >= 0.6 is 34.3 Å². The van der Waals surface area contributed by atoms with Gasteiger partial charge in [0.15, 0.2) is 7.71 Å². The Morgan fingerprint density at radius 1 is 1.45 bits per heavy atom. The van der Waals surface area contributed by atoms with Gasteiger partial charge in [-0.3, -0.25) is 0 Å². The van der Waals surface area contributed by atoms with Crippen LogP contribution in [0.1, 0.15) is 5.56 Å². The Morgan fingerprint density at radius 3 is 2.64 bits per heavy atom. The molecule has 0 radical (unpaired) electrons. The summed E-state index contributed by atoms with van der Waals surface area (Å²) >= 11 is 17.6. The minimum Gasteiger partial charge on any atom is -0.132 e. The summed E-state index contributed by atoms with van der Waals surface area (Å²) in [6.45, 7) is 3.60. The van der Waals surface area contributed by atoms with E-state index in [0.717, 1.165) is 5.56 Å². The molecule has 0 bridgehead atoms. The van der Waals surface area contributed by atoms with Crippen LogP contribution in [0.3, 0.4) is 0 Å². The van der Waals surface area contributed by atoms with Crippen LogP contribution in [0.15, 0.2) is 18.3 Å². The van der Waals surface area contributed by atoms with Gasteiger partial charge in [-0.2, -0.15) is 0 Å². The second-order valence-electron chi connectivity index (χ2n) is 1.97. The van der Waals surface area contributed by atoms with Crippen molar-refractivity contribution in [3.63, 3.8) is 0 Å². The van der Waals surface area contributed by atoms with Crippen LogP contribution in [0.4, 0.5) is 0 Å². The topological polar surface area (TPSA) is 0 Å². The molecule has 1 heterocycles. The van der Waals surface area contributed by atoms with Crippen LogP contribution in [-0.4, -0.2) is 7.71 Å². The summed E-state index contributed by atoms with van der Waals surface area (Å²) in [5.41, 5.74) is 2.71. The Labute approximate surface area is 81.6 Å². The van der Waals surface area contributed by atoms with Gasteiger partial charge >= 0.3 is 0 Å². The predicted molar refractivity (Wildman–Crippen MR) is 53.8 cm³/mol. The maximum Gasteiger partial charge on any atom is 0.173 e. The van der Waals surface area contributed by atoms with Gasteiger partial charge in [0.2, 0.25) is 0 Å². The third kappa shape index (κ3) is 1.85. The molecule has 1 aromatic rings. The lowest BCUT2D eigenvalue weighted by molar-refractivity contribution is 1.76. The molecule has 0 saturated heterocycles. The van der Waals surface area contributed by atoms with E-state index < -0.39 is 7.71 Å². The summed E-state index contributed by atoms with van der Waals surface area (Å²) in [4.78, 5) is 0. The summed E-state index contributed by atoms with van der Waals surface area (Å²) < 4.78 is 0.565. The number of rotatable bonds is 1. The van der Waals surface area contributed by atoms with E-state index in [1.165, 1.54) is 0 Å². The molecule has 1 rings (SSSR count). The third-order valence-electron chi connectivity index (χ3n) is 1.28. The second kappa shape index (κ2) is 3.72. The van der Waals surface area contributed by atoms with Gasteiger partial charge in [-0.15, -0.1) is 11.1 Å². The molecule has 0 spiro atoms. The Balaban J connectivity index is 3.36. The lowest BCUT2D eigenvalue weighted by Crippen LogP contribution is -1.88. The lowest BCUT2D eigenvalue weighted by Gasteiger charge is -2.00. The highest BCUT2D eigenvalue weighted by atomic mass is 35.6. The van der Waals surface area contributed by atoms with Crippen LogP contribution in [0.5, 0.6) is 0 Å². The summed E-state index contributed by atoms with van der Waals surface area (Å²) in [7, 11) is -1.23. The largest absolute Gasteiger partial charge is 0.173 e. The first kappa shape index (κ1) is 9.27. The van der Waals surface area contributed by atoms with Gasteiger partial charge in [0, 0.05) is 0 Å². The van der Waals surface area contributed by atoms with Crippen molar-refractivity contribution in [1.82, 2.24) is 0 Å². The molecule has 0 unspecified atom stereocenters.